The molecule has 1 aromatic carbocycles. The first-order valence-electron chi connectivity index (χ1n) is 8.66. The van der Waals surface area contributed by atoms with E-state index < -0.39 is 10.0 Å². The Balaban J connectivity index is 1.53. The van der Waals surface area contributed by atoms with Crippen LogP contribution >= 0.6 is 0 Å². The maximum atomic E-state index is 12.3. The number of rotatable bonds is 8. The first-order valence-corrected chi connectivity index (χ1v) is 10.1. The molecule has 8 heteroatoms. The number of pyridine rings is 1. The summed E-state index contributed by atoms with van der Waals surface area (Å²) in [5.41, 5.74) is 3.89. The first-order chi connectivity index (χ1) is 13.0. The second-order valence-electron chi connectivity index (χ2n) is 6.31. The van der Waals surface area contributed by atoms with Crippen molar-refractivity contribution in [3.05, 3.63) is 66.1 Å². The molecule has 0 spiro atoms. The van der Waals surface area contributed by atoms with Gasteiger partial charge in [0, 0.05) is 56.4 Å². The fourth-order valence-corrected chi connectivity index (χ4v) is 3.74. The average Bonchev–Trinajstić information content (AvgIpc) is 3.03. The molecule has 3 rings (SSSR count). The molecule has 0 radical (unpaired) electrons. The summed E-state index contributed by atoms with van der Waals surface area (Å²) < 4.78 is 28.9. The van der Waals surface area contributed by atoms with Gasteiger partial charge < -0.3 is 5.32 Å². The van der Waals surface area contributed by atoms with Gasteiger partial charge in [-0.05, 0) is 31.2 Å². The summed E-state index contributed by atoms with van der Waals surface area (Å²) in [6.07, 6.45) is 5.46. The molecule has 3 aromatic rings. The fraction of sp³-hybridized carbons (Fsp3) is 0.263. The van der Waals surface area contributed by atoms with Gasteiger partial charge in [-0.1, -0.05) is 17.7 Å². The lowest BCUT2D eigenvalue weighted by atomic mass is 10.1. The Kier molecular flexibility index (Phi) is 6.00. The zero-order chi connectivity index (χ0) is 19.3. The molecule has 0 aliphatic carbocycles. The van der Waals surface area contributed by atoms with Gasteiger partial charge in [-0.15, -0.1) is 0 Å². The summed E-state index contributed by atoms with van der Waals surface area (Å²) in [6, 6.07) is 10.6. The van der Waals surface area contributed by atoms with E-state index >= 15 is 0 Å². The highest BCUT2D eigenvalue weighted by molar-refractivity contribution is 7.89. The number of benzene rings is 1. The smallest absolute Gasteiger partial charge is 0.240 e. The minimum Gasteiger partial charge on any atom is -0.311 e. The molecule has 7 nitrogen and oxygen atoms in total. The van der Waals surface area contributed by atoms with Gasteiger partial charge in [0.2, 0.25) is 10.0 Å². The van der Waals surface area contributed by atoms with Crippen molar-refractivity contribution in [2.24, 2.45) is 7.05 Å². The van der Waals surface area contributed by atoms with Crippen LogP contribution in [0.25, 0.3) is 11.3 Å². The third-order valence-electron chi connectivity index (χ3n) is 4.08. The van der Waals surface area contributed by atoms with Crippen LogP contribution in [0.2, 0.25) is 0 Å². The summed E-state index contributed by atoms with van der Waals surface area (Å²) in [4.78, 5) is 4.41. The molecule has 0 saturated heterocycles. The van der Waals surface area contributed by atoms with Crippen LogP contribution in [0.3, 0.4) is 0 Å². The minimum absolute atomic E-state index is 0.277. The predicted octanol–water partition coefficient (Wildman–Crippen LogP) is 1.86. The van der Waals surface area contributed by atoms with E-state index in [1.165, 1.54) is 0 Å². The molecule has 2 heterocycles. The van der Waals surface area contributed by atoms with Gasteiger partial charge in [0.15, 0.2) is 0 Å². The van der Waals surface area contributed by atoms with Crippen LogP contribution < -0.4 is 10.0 Å². The molecule has 142 valence electrons. The van der Waals surface area contributed by atoms with E-state index in [-0.39, 0.29) is 4.90 Å². The predicted molar refractivity (Wildman–Crippen MR) is 105 cm³/mol. The molecule has 0 unspecified atom stereocenters. The lowest BCUT2D eigenvalue weighted by Gasteiger charge is -2.08. The van der Waals surface area contributed by atoms with Gasteiger partial charge >= 0.3 is 0 Å². The molecule has 27 heavy (non-hydrogen) atoms. The Morgan fingerprint density at radius 2 is 1.89 bits per heavy atom. The van der Waals surface area contributed by atoms with Crippen molar-refractivity contribution in [1.29, 1.82) is 0 Å². The molecular weight excluding hydrogens is 362 g/mol. The Morgan fingerprint density at radius 1 is 1.11 bits per heavy atom. The molecule has 0 saturated carbocycles. The standard InChI is InChI=1S/C19H23N5O2S/c1-15-5-7-18(8-6-15)27(25,26)22-11-10-21-13-17-14-24(2)23-19(17)16-4-3-9-20-12-16/h3-9,12,14,21-22H,10-11,13H2,1-2H3. The van der Waals surface area contributed by atoms with Gasteiger partial charge in [-0.25, -0.2) is 13.1 Å². The fourth-order valence-electron chi connectivity index (χ4n) is 2.71. The zero-order valence-corrected chi connectivity index (χ0v) is 16.2. The van der Waals surface area contributed by atoms with Crippen LogP contribution in [-0.2, 0) is 23.6 Å². The normalized spacial score (nSPS) is 11.6. The van der Waals surface area contributed by atoms with Crippen molar-refractivity contribution >= 4 is 10.0 Å². The molecule has 0 fully saturated rings. The highest BCUT2D eigenvalue weighted by atomic mass is 32.2. The molecular formula is C19H23N5O2S. The van der Waals surface area contributed by atoms with Crippen LogP contribution in [0.5, 0.6) is 0 Å². The van der Waals surface area contributed by atoms with E-state index in [9.17, 15) is 8.42 Å². The van der Waals surface area contributed by atoms with Crippen molar-refractivity contribution in [1.82, 2.24) is 24.8 Å². The second kappa shape index (κ2) is 8.43. The van der Waals surface area contributed by atoms with E-state index in [0.29, 0.717) is 19.6 Å². The van der Waals surface area contributed by atoms with Crippen molar-refractivity contribution in [3.8, 4) is 11.3 Å². The molecule has 0 aliphatic rings. The van der Waals surface area contributed by atoms with Crippen LogP contribution in [0.15, 0.2) is 59.9 Å². The van der Waals surface area contributed by atoms with Crippen molar-refractivity contribution < 1.29 is 8.42 Å². The Bertz CT molecular complexity index is 983. The zero-order valence-electron chi connectivity index (χ0n) is 15.4. The highest BCUT2D eigenvalue weighted by Crippen LogP contribution is 2.20. The molecule has 0 atom stereocenters. The molecule has 0 bridgehead atoms. The Hall–Kier alpha value is -2.55. The quantitative estimate of drug-likeness (QED) is 0.578. The van der Waals surface area contributed by atoms with Crippen molar-refractivity contribution in [3.63, 3.8) is 0 Å². The molecule has 0 aliphatic heterocycles. The summed E-state index contributed by atoms with van der Waals surface area (Å²) in [6.45, 7) is 3.32. The van der Waals surface area contributed by atoms with Gasteiger partial charge in [-0.2, -0.15) is 5.10 Å². The van der Waals surface area contributed by atoms with Crippen LogP contribution in [-0.4, -0.2) is 36.3 Å². The van der Waals surface area contributed by atoms with E-state index in [0.717, 1.165) is 22.4 Å². The summed E-state index contributed by atoms with van der Waals surface area (Å²) in [5, 5.41) is 7.75. The number of aromatic nitrogens is 3. The monoisotopic (exact) mass is 385 g/mol. The topological polar surface area (TPSA) is 88.9 Å². The number of hydrogen-bond acceptors (Lipinski definition) is 5. The van der Waals surface area contributed by atoms with Crippen LogP contribution in [0, 0.1) is 6.92 Å². The van der Waals surface area contributed by atoms with E-state index in [1.54, 1.807) is 41.3 Å². The highest BCUT2D eigenvalue weighted by Gasteiger charge is 2.13. The van der Waals surface area contributed by atoms with Crippen molar-refractivity contribution in [2.75, 3.05) is 13.1 Å². The van der Waals surface area contributed by atoms with Crippen molar-refractivity contribution in [2.45, 2.75) is 18.4 Å². The third-order valence-corrected chi connectivity index (χ3v) is 5.56. The summed E-state index contributed by atoms with van der Waals surface area (Å²) in [5.74, 6) is 0. The number of nitrogens with one attached hydrogen (secondary N) is 2. The number of sulfonamides is 1. The van der Waals surface area contributed by atoms with Crippen LogP contribution in [0.1, 0.15) is 11.1 Å². The van der Waals surface area contributed by atoms with Gasteiger partial charge in [0.05, 0.1) is 10.6 Å². The van der Waals surface area contributed by atoms with Gasteiger partial charge in [0.25, 0.3) is 0 Å². The Labute approximate surface area is 159 Å². The molecule has 2 N–H and O–H groups in total. The van der Waals surface area contributed by atoms with E-state index in [4.69, 9.17) is 0 Å². The number of nitrogens with zero attached hydrogens (tertiary/aromatic N) is 3. The van der Waals surface area contributed by atoms with E-state index in [1.807, 2.05) is 32.3 Å². The van der Waals surface area contributed by atoms with Crippen LogP contribution in [0.4, 0.5) is 0 Å². The Morgan fingerprint density at radius 3 is 2.59 bits per heavy atom. The number of hydrogen-bond donors (Lipinski definition) is 2. The third kappa shape index (κ3) is 5.00. The summed E-state index contributed by atoms with van der Waals surface area (Å²) in [7, 11) is -1.61. The SMILES string of the molecule is Cc1ccc(S(=O)(=O)NCCNCc2cn(C)nc2-c2cccnc2)cc1. The average molecular weight is 385 g/mol. The maximum Gasteiger partial charge on any atom is 0.240 e. The minimum atomic E-state index is -3.48. The lowest BCUT2D eigenvalue weighted by molar-refractivity contribution is 0.576. The maximum absolute atomic E-state index is 12.3. The number of aryl methyl sites for hydroxylation is 2. The van der Waals surface area contributed by atoms with Gasteiger partial charge in [0.1, 0.15) is 0 Å². The summed E-state index contributed by atoms with van der Waals surface area (Å²) >= 11 is 0. The van der Waals surface area contributed by atoms with E-state index in [2.05, 4.69) is 20.1 Å². The largest absolute Gasteiger partial charge is 0.311 e. The molecule has 0 amide bonds. The second-order valence-corrected chi connectivity index (χ2v) is 8.07. The lowest BCUT2D eigenvalue weighted by Crippen LogP contribution is -2.31. The molecule has 2 aromatic heterocycles. The first kappa shape index (κ1) is 19.2. The van der Waals surface area contributed by atoms with Gasteiger partial charge in [-0.3, -0.25) is 9.67 Å².